The molecule has 22 heavy (non-hydrogen) atoms. The van der Waals surface area contributed by atoms with Crippen LogP contribution < -0.4 is 10.9 Å². The molecule has 1 amide bonds. The highest BCUT2D eigenvalue weighted by molar-refractivity contribution is 6.42. The lowest BCUT2D eigenvalue weighted by Crippen LogP contribution is -2.37. The number of H-pyrrole nitrogens is 1. The van der Waals surface area contributed by atoms with Crippen LogP contribution in [0.1, 0.15) is 29.9 Å². The fraction of sp³-hybridized carbons (Fsp3) is 0.267. The van der Waals surface area contributed by atoms with Crippen molar-refractivity contribution >= 4 is 29.1 Å². The predicted molar refractivity (Wildman–Crippen MR) is 86.7 cm³/mol. The van der Waals surface area contributed by atoms with Crippen LogP contribution in [0.3, 0.4) is 0 Å². The third-order valence-corrected chi connectivity index (χ3v) is 4.04. The number of amides is 1. The van der Waals surface area contributed by atoms with Gasteiger partial charge in [0.25, 0.3) is 11.5 Å². The van der Waals surface area contributed by atoms with E-state index in [1.54, 1.807) is 12.1 Å². The number of carbonyl (C=O) groups is 1. The van der Waals surface area contributed by atoms with E-state index in [1.807, 2.05) is 19.9 Å². The molecule has 0 saturated carbocycles. The second kappa shape index (κ2) is 6.50. The average molecular weight is 340 g/mol. The Balaban J connectivity index is 2.08. The molecule has 5 nitrogen and oxygen atoms in total. The molecule has 2 aromatic rings. The van der Waals surface area contributed by atoms with Crippen molar-refractivity contribution in [3.05, 3.63) is 62.0 Å². The molecular formula is C15H15Cl2N3O2. The highest BCUT2D eigenvalue weighted by atomic mass is 35.5. The second-order valence-electron chi connectivity index (χ2n) is 5.50. The maximum atomic E-state index is 12.0. The summed E-state index contributed by atoms with van der Waals surface area (Å²) in [5.74, 6) is -0.357. The molecule has 0 aliphatic rings. The predicted octanol–water partition coefficient (Wildman–Crippen LogP) is 2.78. The number of aromatic amines is 1. The molecule has 0 radical (unpaired) electrons. The number of nitrogens with zero attached hydrogens (tertiary/aromatic N) is 1. The number of benzene rings is 1. The van der Waals surface area contributed by atoms with Gasteiger partial charge in [-0.3, -0.25) is 9.59 Å². The highest BCUT2D eigenvalue weighted by Crippen LogP contribution is 2.29. The summed E-state index contributed by atoms with van der Waals surface area (Å²) < 4.78 is 0. The maximum Gasteiger partial charge on any atom is 0.271 e. The largest absolute Gasteiger partial charge is 0.350 e. The molecule has 7 heteroatoms. The van der Waals surface area contributed by atoms with E-state index in [4.69, 9.17) is 23.2 Å². The van der Waals surface area contributed by atoms with Crippen LogP contribution in [-0.4, -0.2) is 22.6 Å². The van der Waals surface area contributed by atoms with Crippen molar-refractivity contribution in [2.45, 2.75) is 19.3 Å². The van der Waals surface area contributed by atoms with E-state index in [0.29, 0.717) is 16.6 Å². The first-order valence-corrected chi connectivity index (χ1v) is 7.35. The van der Waals surface area contributed by atoms with Crippen molar-refractivity contribution < 1.29 is 4.79 Å². The zero-order valence-electron chi connectivity index (χ0n) is 12.1. The van der Waals surface area contributed by atoms with Gasteiger partial charge < -0.3 is 5.32 Å². The maximum absolute atomic E-state index is 12.0. The number of hydrogen-bond acceptors (Lipinski definition) is 3. The first-order chi connectivity index (χ1) is 10.3. The molecule has 0 spiro atoms. The van der Waals surface area contributed by atoms with Crippen molar-refractivity contribution in [2.75, 3.05) is 6.54 Å². The Morgan fingerprint density at radius 3 is 2.55 bits per heavy atom. The normalized spacial score (nSPS) is 11.3. The van der Waals surface area contributed by atoms with E-state index < -0.39 is 0 Å². The van der Waals surface area contributed by atoms with E-state index in [9.17, 15) is 9.59 Å². The van der Waals surface area contributed by atoms with Crippen LogP contribution in [-0.2, 0) is 5.41 Å². The summed E-state index contributed by atoms with van der Waals surface area (Å²) in [5.41, 5.74) is 0.417. The Labute approximate surface area is 137 Å². The standard InChI is InChI=1S/C15H15Cl2N3O2/c1-15(2,9-3-4-10(16)11(17)7-9)8-18-14(22)12-5-6-13(21)20-19-12/h3-7H,8H2,1-2H3,(H,18,22)(H,20,21). The lowest BCUT2D eigenvalue weighted by molar-refractivity contribution is 0.0939. The average Bonchev–Trinajstić information content (AvgIpc) is 2.48. The van der Waals surface area contributed by atoms with E-state index in [1.165, 1.54) is 12.1 Å². The molecule has 2 rings (SSSR count). The van der Waals surface area contributed by atoms with Crippen LogP contribution in [0, 0.1) is 0 Å². The fourth-order valence-corrected chi connectivity index (χ4v) is 2.18. The molecule has 0 atom stereocenters. The third kappa shape index (κ3) is 3.87. The topological polar surface area (TPSA) is 74.8 Å². The fourth-order valence-electron chi connectivity index (χ4n) is 1.88. The number of nitrogens with one attached hydrogen (secondary N) is 2. The van der Waals surface area contributed by atoms with Crippen LogP contribution in [0.15, 0.2) is 35.1 Å². The molecule has 0 aliphatic carbocycles. The summed E-state index contributed by atoms with van der Waals surface area (Å²) in [6, 6.07) is 8.02. The van der Waals surface area contributed by atoms with Crippen LogP contribution in [0.5, 0.6) is 0 Å². The summed E-state index contributed by atoms with van der Waals surface area (Å²) in [6.07, 6.45) is 0. The summed E-state index contributed by atoms with van der Waals surface area (Å²) >= 11 is 11.9. The van der Waals surface area contributed by atoms with Crippen LogP contribution >= 0.6 is 23.2 Å². The zero-order chi connectivity index (χ0) is 16.3. The van der Waals surface area contributed by atoms with Crippen LogP contribution in [0.2, 0.25) is 10.0 Å². The summed E-state index contributed by atoms with van der Waals surface area (Å²) in [6.45, 7) is 4.34. The Hall–Kier alpha value is -1.85. The molecule has 1 aromatic heterocycles. The monoisotopic (exact) mass is 339 g/mol. The van der Waals surface area contributed by atoms with Gasteiger partial charge in [0.2, 0.25) is 0 Å². The minimum absolute atomic E-state index is 0.157. The lowest BCUT2D eigenvalue weighted by Gasteiger charge is -2.26. The third-order valence-electron chi connectivity index (χ3n) is 3.30. The smallest absolute Gasteiger partial charge is 0.271 e. The van der Waals surface area contributed by atoms with Gasteiger partial charge in [-0.05, 0) is 23.8 Å². The van der Waals surface area contributed by atoms with Crippen LogP contribution in [0.25, 0.3) is 0 Å². The van der Waals surface area contributed by atoms with E-state index in [0.717, 1.165) is 5.56 Å². The second-order valence-corrected chi connectivity index (χ2v) is 6.32. The van der Waals surface area contributed by atoms with Gasteiger partial charge >= 0.3 is 0 Å². The van der Waals surface area contributed by atoms with Crippen molar-refractivity contribution in [3.63, 3.8) is 0 Å². The summed E-state index contributed by atoms with van der Waals surface area (Å²) in [4.78, 5) is 22.9. The number of aromatic nitrogens is 2. The summed E-state index contributed by atoms with van der Waals surface area (Å²) in [5, 5.41) is 9.67. The van der Waals surface area contributed by atoms with Gasteiger partial charge in [0.15, 0.2) is 0 Å². The van der Waals surface area contributed by atoms with E-state index in [2.05, 4.69) is 15.5 Å². The van der Waals surface area contributed by atoms with Crippen molar-refractivity contribution in [3.8, 4) is 0 Å². The lowest BCUT2D eigenvalue weighted by atomic mass is 9.84. The molecule has 0 saturated heterocycles. The minimum Gasteiger partial charge on any atom is -0.350 e. The highest BCUT2D eigenvalue weighted by Gasteiger charge is 2.23. The Bertz CT molecular complexity index is 736. The van der Waals surface area contributed by atoms with E-state index >= 15 is 0 Å². The molecule has 116 valence electrons. The van der Waals surface area contributed by atoms with Crippen molar-refractivity contribution in [2.24, 2.45) is 0 Å². The molecule has 0 bridgehead atoms. The number of carbonyl (C=O) groups excluding carboxylic acids is 1. The minimum atomic E-state index is -0.357. The Kier molecular flexibility index (Phi) is 4.88. The molecule has 0 fully saturated rings. The van der Waals surface area contributed by atoms with Crippen LogP contribution in [0.4, 0.5) is 0 Å². The van der Waals surface area contributed by atoms with Crippen molar-refractivity contribution in [1.29, 1.82) is 0 Å². The van der Waals surface area contributed by atoms with Gasteiger partial charge in [-0.2, -0.15) is 5.10 Å². The molecule has 2 N–H and O–H groups in total. The van der Waals surface area contributed by atoms with Gasteiger partial charge in [-0.25, -0.2) is 5.10 Å². The first-order valence-electron chi connectivity index (χ1n) is 6.59. The Morgan fingerprint density at radius 1 is 1.23 bits per heavy atom. The quantitative estimate of drug-likeness (QED) is 0.899. The van der Waals surface area contributed by atoms with Gasteiger partial charge in [0, 0.05) is 18.0 Å². The Morgan fingerprint density at radius 2 is 1.95 bits per heavy atom. The SMILES string of the molecule is CC(C)(CNC(=O)c1ccc(=O)[nH]n1)c1ccc(Cl)c(Cl)c1. The van der Waals surface area contributed by atoms with E-state index in [-0.39, 0.29) is 22.6 Å². The summed E-state index contributed by atoms with van der Waals surface area (Å²) in [7, 11) is 0. The number of rotatable bonds is 4. The molecule has 1 aromatic carbocycles. The number of hydrogen-bond donors (Lipinski definition) is 2. The first kappa shape index (κ1) is 16.5. The number of halogens is 2. The molecule has 0 aliphatic heterocycles. The molecular weight excluding hydrogens is 325 g/mol. The van der Waals surface area contributed by atoms with Gasteiger partial charge in [0.05, 0.1) is 10.0 Å². The zero-order valence-corrected chi connectivity index (χ0v) is 13.6. The molecule has 1 heterocycles. The van der Waals surface area contributed by atoms with Crippen molar-refractivity contribution in [1.82, 2.24) is 15.5 Å². The van der Waals surface area contributed by atoms with Gasteiger partial charge in [-0.1, -0.05) is 43.1 Å². The van der Waals surface area contributed by atoms with Gasteiger partial charge in [-0.15, -0.1) is 0 Å². The van der Waals surface area contributed by atoms with Gasteiger partial charge in [0.1, 0.15) is 5.69 Å². The molecule has 0 unspecified atom stereocenters.